The molecule has 0 aliphatic heterocycles. The van der Waals surface area contributed by atoms with Crippen LogP contribution in [-0.2, 0) is 11.3 Å². The van der Waals surface area contributed by atoms with E-state index >= 15 is 0 Å². The summed E-state index contributed by atoms with van der Waals surface area (Å²) in [5.74, 6) is 0.265. The number of nitrogens with one attached hydrogen (secondary N) is 1. The molecule has 1 aromatic carbocycles. The summed E-state index contributed by atoms with van der Waals surface area (Å²) in [7, 11) is 1.32. The maximum atomic E-state index is 11.6. The average Bonchev–Trinajstić information content (AvgIpc) is 2.45. The van der Waals surface area contributed by atoms with Crippen molar-refractivity contribution >= 4 is 17.3 Å². The molecule has 20 heavy (non-hydrogen) atoms. The van der Waals surface area contributed by atoms with Crippen LogP contribution in [0.4, 0.5) is 11.4 Å². The summed E-state index contributed by atoms with van der Waals surface area (Å²) in [4.78, 5) is 19.9. The molecule has 0 amide bonds. The number of aromatic nitrogens is 2. The van der Waals surface area contributed by atoms with Gasteiger partial charge in [-0.25, -0.2) is 14.8 Å². The number of carbonyl (C=O) groups is 1. The number of nitrogen functional groups attached to an aromatic ring is 1. The van der Waals surface area contributed by atoms with Gasteiger partial charge in [-0.2, -0.15) is 0 Å². The first-order valence-corrected chi connectivity index (χ1v) is 6.10. The van der Waals surface area contributed by atoms with Gasteiger partial charge in [-0.05, 0) is 31.2 Å². The average molecular weight is 272 g/mol. The predicted molar refractivity (Wildman–Crippen MR) is 76.3 cm³/mol. The quantitative estimate of drug-likeness (QED) is 0.651. The number of carbonyl (C=O) groups excluding carboxylic acids is 1. The lowest BCUT2D eigenvalue weighted by molar-refractivity contribution is 0.0602. The van der Waals surface area contributed by atoms with Gasteiger partial charge in [0.2, 0.25) is 0 Å². The molecule has 1 aromatic heterocycles. The second kappa shape index (κ2) is 6.01. The Hall–Kier alpha value is -2.63. The Labute approximate surface area is 117 Å². The van der Waals surface area contributed by atoms with E-state index in [1.807, 2.05) is 13.0 Å². The molecule has 0 bridgehead atoms. The van der Waals surface area contributed by atoms with Crippen molar-refractivity contribution in [2.45, 2.75) is 13.5 Å². The number of hydrogen-bond acceptors (Lipinski definition) is 6. The van der Waals surface area contributed by atoms with Crippen molar-refractivity contribution < 1.29 is 9.53 Å². The molecule has 3 N–H and O–H groups in total. The smallest absolute Gasteiger partial charge is 0.340 e. The van der Waals surface area contributed by atoms with Gasteiger partial charge in [0.05, 0.1) is 24.9 Å². The highest BCUT2D eigenvalue weighted by Gasteiger charge is 2.10. The first-order chi connectivity index (χ1) is 9.60. The van der Waals surface area contributed by atoms with Crippen molar-refractivity contribution in [2.75, 3.05) is 18.2 Å². The Morgan fingerprint density at radius 1 is 1.40 bits per heavy atom. The standard InChI is InChI=1S/C14H16N4O2/c1-9-16-6-5-11(18-9)8-17-10-3-4-13(15)12(7-10)14(19)20-2/h3-7,17H,8,15H2,1-2H3. The van der Waals surface area contributed by atoms with Gasteiger partial charge in [0.1, 0.15) is 5.82 Å². The fourth-order valence-corrected chi connectivity index (χ4v) is 1.75. The van der Waals surface area contributed by atoms with E-state index in [0.29, 0.717) is 17.8 Å². The number of nitrogens with zero attached hydrogens (tertiary/aromatic N) is 2. The minimum Gasteiger partial charge on any atom is -0.465 e. The number of ether oxygens (including phenoxy) is 1. The molecule has 1 heterocycles. The highest BCUT2D eigenvalue weighted by Crippen LogP contribution is 2.19. The van der Waals surface area contributed by atoms with E-state index in [4.69, 9.17) is 5.73 Å². The topological polar surface area (TPSA) is 90.1 Å². The summed E-state index contributed by atoms with van der Waals surface area (Å²) in [5.41, 5.74) is 8.12. The van der Waals surface area contributed by atoms with E-state index in [1.54, 1.807) is 24.4 Å². The summed E-state index contributed by atoms with van der Waals surface area (Å²) < 4.78 is 4.68. The van der Waals surface area contributed by atoms with Crippen LogP contribution in [0.2, 0.25) is 0 Å². The predicted octanol–water partition coefficient (Wildman–Crippen LogP) is 1.77. The molecule has 0 aliphatic rings. The van der Waals surface area contributed by atoms with Crippen LogP contribution in [0, 0.1) is 6.92 Å². The van der Waals surface area contributed by atoms with E-state index in [0.717, 1.165) is 17.2 Å². The van der Waals surface area contributed by atoms with Gasteiger partial charge in [0.15, 0.2) is 0 Å². The number of nitrogens with two attached hydrogens (primary N) is 1. The summed E-state index contributed by atoms with van der Waals surface area (Å²) >= 11 is 0. The molecule has 0 unspecified atom stereocenters. The van der Waals surface area contributed by atoms with Crippen molar-refractivity contribution in [3.05, 3.63) is 47.5 Å². The molecule has 2 aromatic rings. The summed E-state index contributed by atoms with van der Waals surface area (Å²) in [6, 6.07) is 6.96. The zero-order valence-corrected chi connectivity index (χ0v) is 11.4. The molecule has 104 valence electrons. The van der Waals surface area contributed by atoms with Gasteiger partial charge in [0, 0.05) is 17.6 Å². The molecule has 6 nitrogen and oxygen atoms in total. The first kappa shape index (κ1) is 13.8. The number of benzene rings is 1. The van der Waals surface area contributed by atoms with E-state index in [9.17, 15) is 4.79 Å². The lowest BCUT2D eigenvalue weighted by Gasteiger charge is -2.09. The third-order valence-electron chi connectivity index (χ3n) is 2.77. The van der Waals surface area contributed by atoms with Crippen molar-refractivity contribution in [3.63, 3.8) is 0 Å². The van der Waals surface area contributed by atoms with Crippen LogP contribution in [0.15, 0.2) is 30.5 Å². The van der Waals surface area contributed by atoms with Gasteiger partial charge in [-0.3, -0.25) is 0 Å². The highest BCUT2D eigenvalue weighted by atomic mass is 16.5. The number of hydrogen-bond donors (Lipinski definition) is 2. The summed E-state index contributed by atoms with van der Waals surface area (Å²) in [6.07, 6.45) is 1.71. The van der Waals surface area contributed by atoms with Gasteiger partial charge < -0.3 is 15.8 Å². The molecule has 0 aliphatic carbocycles. The third kappa shape index (κ3) is 3.23. The molecular formula is C14H16N4O2. The molecule has 0 atom stereocenters. The highest BCUT2D eigenvalue weighted by molar-refractivity contribution is 5.96. The number of aryl methyl sites for hydroxylation is 1. The van der Waals surface area contributed by atoms with Gasteiger partial charge in [0.25, 0.3) is 0 Å². The van der Waals surface area contributed by atoms with E-state index in [-0.39, 0.29) is 0 Å². The monoisotopic (exact) mass is 272 g/mol. The van der Waals surface area contributed by atoms with Crippen molar-refractivity contribution in [3.8, 4) is 0 Å². The molecular weight excluding hydrogens is 256 g/mol. The summed E-state index contributed by atoms with van der Waals surface area (Å²) in [6.45, 7) is 2.37. The Morgan fingerprint density at radius 2 is 2.20 bits per heavy atom. The Balaban J connectivity index is 2.12. The number of esters is 1. The SMILES string of the molecule is COC(=O)c1cc(NCc2ccnc(C)n2)ccc1N. The molecule has 0 saturated heterocycles. The van der Waals surface area contributed by atoms with Crippen LogP contribution in [0.5, 0.6) is 0 Å². The first-order valence-electron chi connectivity index (χ1n) is 6.10. The lowest BCUT2D eigenvalue weighted by atomic mass is 10.1. The zero-order chi connectivity index (χ0) is 14.5. The normalized spacial score (nSPS) is 10.1. The second-order valence-corrected chi connectivity index (χ2v) is 4.24. The fourth-order valence-electron chi connectivity index (χ4n) is 1.75. The molecule has 2 rings (SSSR count). The second-order valence-electron chi connectivity index (χ2n) is 4.24. The fraction of sp³-hybridized carbons (Fsp3) is 0.214. The minimum absolute atomic E-state index is 0.344. The number of rotatable bonds is 4. The van der Waals surface area contributed by atoms with Crippen LogP contribution in [0.25, 0.3) is 0 Å². The molecule has 0 spiro atoms. The Morgan fingerprint density at radius 3 is 2.90 bits per heavy atom. The van der Waals surface area contributed by atoms with Crippen LogP contribution in [0.3, 0.4) is 0 Å². The molecule has 6 heteroatoms. The van der Waals surface area contributed by atoms with E-state index in [2.05, 4.69) is 20.0 Å². The minimum atomic E-state index is -0.455. The van der Waals surface area contributed by atoms with Crippen molar-refractivity contribution in [2.24, 2.45) is 0 Å². The Kier molecular flexibility index (Phi) is 4.14. The Bertz CT molecular complexity index is 628. The summed E-state index contributed by atoms with van der Waals surface area (Å²) in [5, 5.41) is 3.18. The van der Waals surface area contributed by atoms with Crippen LogP contribution >= 0.6 is 0 Å². The zero-order valence-electron chi connectivity index (χ0n) is 11.4. The third-order valence-corrected chi connectivity index (χ3v) is 2.77. The lowest BCUT2D eigenvalue weighted by Crippen LogP contribution is -2.08. The van der Waals surface area contributed by atoms with Gasteiger partial charge in [-0.15, -0.1) is 0 Å². The van der Waals surface area contributed by atoms with Crippen LogP contribution < -0.4 is 11.1 Å². The number of methoxy groups -OCH3 is 1. The molecule has 0 saturated carbocycles. The maximum Gasteiger partial charge on any atom is 0.340 e. The van der Waals surface area contributed by atoms with Crippen LogP contribution in [0.1, 0.15) is 21.9 Å². The molecule has 0 fully saturated rings. The van der Waals surface area contributed by atoms with Gasteiger partial charge in [-0.1, -0.05) is 0 Å². The van der Waals surface area contributed by atoms with Crippen molar-refractivity contribution in [1.29, 1.82) is 0 Å². The largest absolute Gasteiger partial charge is 0.465 e. The maximum absolute atomic E-state index is 11.6. The van der Waals surface area contributed by atoms with E-state index < -0.39 is 5.97 Å². The molecule has 0 radical (unpaired) electrons. The van der Waals surface area contributed by atoms with Crippen LogP contribution in [-0.4, -0.2) is 23.0 Å². The van der Waals surface area contributed by atoms with E-state index in [1.165, 1.54) is 7.11 Å². The van der Waals surface area contributed by atoms with Crippen molar-refractivity contribution in [1.82, 2.24) is 9.97 Å². The number of anilines is 2. The van der Waals surface area contributed by atoms with Gasteiger partial charge >= 0.3 is 5.97 Å².